The molecule has 4 saturated heterocycles. The molecule has 5 aromatic carbocycles. The summed E-state index contributed by atoms with van der Waals surface area (Å²) < 4.78 is 40.4. The lowest BCUT2D eigenvalue weighted by molar-refractivity contribution is -0.134. The van der Waals surface area contributed by atoms with Crippen molar-refractivity contribution >= 4 is 53.2 Å². The van der Waals surface area contributed by atoms with E-state index in [9.17, 15) is 37.9 Å². The SMILES string of the molecule is C[C@@H]1C[C@@H](O)c2ncnc(N3CCN(C(=O)[C@H](CN(CCNC(=O)CN4CCC(CN5CCN(C(=O)c6cccc(C7CCCN(C(=O)CN(Cc8ccc(F)cc8F)C(=O)OC(C)(C)C)C7)c6)CC5)CC4)C(=O)OCC4c5ccccc5-c5ccccc54)c4ccc(Cl)cc4)CC3)c21. The Balaban J connectivity index is 0.620. The molecule has 2 aliphatic carbocycles. The third-order valence-electron chi connectivity index (χ3n) is 20.4. The fourth-order valence-corrected chi connectivity index (χ4v) is 15.3. The van der Waals surface area contributed by atoms with Crippen LogP contribution in [0.15, 0.2) is 122 Å². The van der Waals surface area contributed by atoms with E-state index in [1.165, 1.54) is 12.4 Å². The number of piperidine rings is 2. The summed E-state index contributed by atoms with van der Waals surface area (Å²) in [5.74, 6) is -1.98. The molecular weight excluding hydrogens is 1280 g/mol. The Bertz CT molecular complexity index is 3850. The van der Waals surface area contributed by atoms with Crippen LogP contribution in [0.1, 0.15) is 139 Å². The average molecular weight is 1380 g/mol. The minimum absolute atomic E-state index is 0.0148. The van der Waals surface area contributed by atoms with Crippen LogP contribution < -0.4 is 10.2 Å². The molecule has 4 fully saturated rings. The first-order valence-electron chi connectivity index (χ1n) is 34.9. The molecule has 0 saturated carbocycles. The Morgan fingerprint density at radius 2 is 1.43 bits per heavy atom. The van der Waals surface area contributed by atoms with E-state index < -0.39 is 41.4 Å². The van der Waals surface area contributed by atoms with Crippen LogP contribution in [0.2, 0.25) is 5.02 Å². The zero-order chi connectivity index (χ0) is 69.5. The third kappa shape index (κ3) is 17.0. The average Bonchev–Trinajstić information content (AvgIpc) is 1.55. The highest BCUT2D eigenvalue weighted by Crippen LogP contribution is 2.46. The third-order valence-corrected chi connectivity index (χ3v) is 20.7. The van der Waals surface area contributed by atoms with Crippen LogP contribution in [-0.4, -0.2) is 215 Å². The largest absolute Gasteiger partial charge is 0.448 e. The molecule has 23 heteroatoms. The van der Waals surface area contributed by atoms with E-state index in [0.717, 1.165) is 108 Å². The van der Waals surface area contributed by atoms with Crippen molar-refractivity contribution in [3.05, 3.63) is 183 Å². The maximum atomic E-state index is 15.0. The number of nitrogens with one attached hydrogen (secondary N) is 1. The lowest BCUT2D eigenvalue weighted by Crippen LogP contribution is -2.52. The number of benzene rings is 5. The molecule has 524 valence electrons. The number of aliphatic hydroxyl groups excluding tert-OH is 1. The normalized spacial score (nSPS) is 19.4. The second-order valence-corrected chi connectivity index (χ2v) is 28.8. The second-order valence-electron chi connectivity index (χ2n) is 28.4. The minimum Gasteiger partial charge on any atom is -0.448 e. The van der Waals surface area contributed by atoms with Crippen molar-refractivity contribution in [3.63, 3.8) is 0 Å². The molecule has 6 aliphatic rings. The van der Waals surface area contributed by atoms with Crippen LogP contribution in [0, 0.1) is 17.6 Å². The van der Waals surface area contributed by atoms with Crippen LogP contribution in [0.4, 0.5) is 24.2 Å². The van der Waals surface area contributed by atoms with Gasteiger partial charge < -0.3 is 44.4 Å². The highest BCUT2D eigenvalue weighted by Gasteiger charge is 2.39. The first kappa shape index (κ1) is 70.3. The zero-order valence-electron chi connectivity index (χ0n) is 57.0. The number of carbonyl (C=O) groups is 6. The zero-order valence-corrected chi connectivity index (χ0v) is 57.8. The van der Waals surface area contributed by atoms with Gasteiger partial charge in [0.25, 0.3) is 5.91 Å². The predicted octanol–water partition coefficient (Wildman–Crippen LogP) is 10.1. The van der Waals surface area contributed by atoms with Gasteiger partial charge in [-0.25, -0.2) is 28.3 Å². The number of piperazine rings is 2. The first-order valence-corrected chi connectivity index (χ1v) is 35.3. The highest BCUT2D eigenvalue weighted by atomic mass is 35.5. The van der Waals surface area contributed by atoms with Crippen LogP contribution in [0.3, 0.4) is 0 Å². The van der Waals surface area contributed by atoms with Gasteiger partial charge in [0.05, 0.1) is 30.8 Å². The molecule has 4 aliphatic heterocycles. The number of likely N-dealkylation sites (tertiary alicyclic amines) is 2. The molecule has 1 unspecified atom stereocenters. The van der Waals surface area contributed by atoms with E-state index in [1.807, 2.05) is 70.5 Å². The van der Waals surface area contributed by atoms with E-state index in [0.29, 0.717) is 93.0 Å². The van der Waals surface area contributed by atoms with Crippen molar-refractivity contribution < 1.29 is 52.1 Å². The van der Waals surface area contributed by atoms with Crippen LogP contribution in [-0.2, 0) is 30.4 Å². The fourth-order valence-electron chi connectivity index (χ4n) is 15.1. The van der Waals surface area contributed by atoms with Crippen molar-refractivity contribution in [1.29, 1.82) is 0 Å². The number of rotatable bonds is 20. The standard InChI is InChI=1S/C76H90ClF2N11O9/c1-50-39-66(91)70-69(50)71(82-49-81-70)85-35-37-87(38-36-85)73(95)63(52-18-21-57(77)22-19-52)45-89(74(96)98-48-64-61-16-7-5-14-59(61)60-15-6-8-17-62(60)64)30-26-80-67(92)46-83-28-24-51(25-29-83)42-84-31-33-86(34-32-84)72(94)54-12-9-11-53(40-54)55-13-10-27-88(43-55)68(93)47-90(75(97)99-76(2,3)4)44-56-20-23-58(78)41-65(56)79/h5-9,11-12,14-23,40-41,49-51,55,63-64,66,91H,10,13,24-39,42-48H2,1-4H3,(H,80,92)/t50-,55?,63-,66-/m1/s1. The number of carbonyl (C=O) groups excluding carboxylic acids is 6. The van der Waals surface area contributed by atoms with Gasteiger partial charge >= 0.3 is 12.2 Å². The van der Waals surface area contributed by atoms with Crippen molar-refractivity contribution in [1.82, 2.24) is 49.6 Å². The molecule has 20 nitrogen and oxygen atoms in total. The first-order chi connectivity index (χ1) is 47.7. The number of hydrogen-bond acceptors (Lipinski definition) is 14. The van der Waals surface area contributed by atoms with Gasteiger partial charge in [0.15, 0.2) is 0 Å². The van der Waals surface area contributed by atoms with Crippen LogP contribution >= 0.6 is 11.6 Å². The summed E-state index contributed by atoms with van der Waals surface area (Å²) in [6.45, 7) is 14.7. The molecule has 0 bridgehead atoms. The second kappa shape index (κ2) is 31.3. The number of aliphatic hydroxyl groups is 1. The number of ether oxygens (including phenoxy) is 2. The number of nitrogens with zero attached hydrogens (tertiary/aromatic N) is 10. The number of hydrogen-bond donors (Lipinski definition) is 2. The summed E-state index contributed by atoms with van der Waals surface area (Å²) in [5.41, 5.74) is 7.38. The summed E-state index contributed by atoms with van der Waals surface area (Å²) in [4.78, 5) is 109. The number of anilines is 1. The van der Waals surface area contributed by atoms with Gasteiger partial charge in [0.2, 0.25) is 17.7 Å². The lowest BCUT2D eigenvalue weighted by atomic mass is 9.89. The van der Waals surface area contributed by atoms with Gasteiger partial charge in [0, 0.05) is 131 Å². The number of fused-ring (bicyclic) bond motifs is 4. The molecule has 99 heavy (non-hydrogen) atoms. The fraction of sp³-hybridized carbons (Fsp3) is 0.474. The Hall–Kier alpha value is -8.57. The molecular formula is C76H90ClF2N11O9. The van der Waals surface area contributed by atoms with Crippen molar-refractivity contribution in [2.24, 2.45) is 5.92 Å². The van der Waals surface area contributed by atoms with E-state index in [1.54, 1.807) is 42.7 Å². The van der Waals surface area contributed by atoms with Gasteiger partial charge in [0.1, 0.15) is 42.5 Å². The Kier molecular flexibility index (Phi) is 22.2. The van der Waals surface area contributed by atoms with Gasteiger partial charge in [-0.2, -0.15) is 0 Å². The molecule has 0 spiro atoms. The van der Waals surface area contributed by atoms with Crippen molar-refractivity contribution in [2.75, 3.05) is 129 Å². The van der Waals surface area contributed by atoms with E-state index in [-0.39, 0.29) is 92.8 Å². The molecule has 4 atom stereocenters. The molecule has 2 N–H and O–H groups in total. The Morgan fingerprint density at radius 1 is 0.737 bits per heavy atom. The molecule has 6 amide bonds. The summed E-state index contributed by atoms with van der Waals surface area (Å²) in [5, 5.41) is 14.3. The summed E-state index contributed by atoms with van der Waals surface area (Å²) >= 11 is 6.43. The monoisotopic (exact) mass is 1370 g/mol. The molecule has 5 heterocycles. The van der Waals surface area contributed by atoms with E-state index in [4.69, 9.17) is 21.1 Å². The van der Waals surface area contributed by atoms with E-state index >= 15 is 4.79 Å². The maximum absolute atomic E-state index is 15.0. The van der Waals surface area contributed by atoms with E-state index in [2.05, 4.69) is 61.2 Å². The predicted molar refractivity (Wildman–Crippen MR) is 372 cm³/mol. The maximum Gasteiger partial charge on any atom is 0.411 e. The molecule has 1 aromatic heterocycles. The number of amides is 6. The van der Waals surface area contributed by atoms with Crippen LogP contribution in [0.5, 0.6) is 0 Å². The van der Waals surface area contributed by atoms with Gasteiger partial charge in [-0.3, -0.25) is 33.9 Å². The Morgan fingerprint density at radius 3 is 2.13 bits per heavy atom. The summed E-state index contributed by atoms with van der Waals surface area (Å²) in [6, 6.07) is 34.2. The van der Waals surface area contributed by atoms with Gasteiger partial charge in [-0.15, -0.1) is 0 Å². The molecule has 12 rings (SSSR count). The minimum atomic E-state index is -0.872. The summed E-state index contributed by atoms with van der Waals surface area (Å²) in [6.07, 6.45) is 3.41. The topological polar surface area (TPSA) is 205 Å². The molecule has 0 radical (unpaired) electrons. The lowest BCUT2D eigenvalue weighted by Gasteiger charge is -2.39. The van der Waals surface area contributed by atoms with Crippen molar-refractivity contribution in [3.8, 4) is 11.1 Å². The summed E-state index contributed by atoms with van der Waals surface area (Å²) in [7, 11) is 0. The Labute approximate surface area is 583 Å². The highest BCUT2D eigenvalue weighted by molar-refractivity contribution is 6.30. The number of halogens is 3. The van der Waals surface area contributed by atoms with Crippen molar-refractivity contribution in [2.45, 2.75) is 102 Å². The number of aromatic nitrogens is 2. The van der Waals surface area contributed by atoms with Crippen LogP contribution in [0.25, 0.3) is 11.1 Å². The quantitative estimate of drug-likeness (QED) is 0.0730. The van der Waals surface area contributed by atoms with Gasteiger partial charge in [-0.05, 0) is 142 Å². The molecule has 6 aromatic rings. The smallest absolute Gasteiger partial charge is 0.411 e. The van der Waals surface area contributed by atoms with Gasteiger partial charge in [-0.1, -0.05) is 97.4 Å².